The number of halogens is 2. The van der Waals surface area contributed by atoms with E-state index in [4.69, 9.17) is 23.2 Å². The van der Waals surface area contributed by atoms with Gasteiger partial charge in [-0.2, -0.15) is 0 Å². The Morgan fingerprint density at radius 3 is 2.89 bits per heavy atom. The molecule has 5 nitrogen and oxygen atoms in total. The van der Waals surface area contributed by atoms with Crippen LogP contribution in [0.25, 0.3) is 0 Å². The zero-order valence-corrected chi connectivity index (χ0v) is 12.8. The Balaban J connectivity index is 1.90. The van der Waals surface area contributed by atoms with Crippen LogP contribution in [0.2, 0.25) is 10.0 Å². The Morgan fingerprint density at radius 2 is 2.26 bits per heavy atom. The van der Waals surface area contributed by atoms with Crippen LogP contribution in [0.15, 0.2) is 16.6 Å². The van der Waals surface area contributed by atoms with Crippen LogP contribution in [0.3, 0.4) is 0 Å². The lowest BCUT2D eigenvalue weighted by Gasteiger charge is -2.05. The first kappa shape index (κ1) is 14.5. The molecule has 19 heavy (non-hydrogen) atoms. The van der Waals surface area contributed by atoms with Crippen LogP contribution in [0.1, 0.15) is 5.01 Å². The molecule has 9 heteroatoms. The Labute approximate surface area is 127 Å². The number of nitrogens with zero attached hydrogens (tertiary/aromatic N) is 3. The summed E-state index contributed by atoms with van der Waals surface area (Å²) in [6.07, 6.45) is 1.42. The maximum Gasteiger partial charge on any atom is 0.236 e. The molecule has 2 aromatic rings. The minimum absolute atomic E-state index is 0.213. The highest BCUT2D eigenvalue weighted by Gasteiger charge is 2.10. The molecule has 0 aromatic carbocycles. The number of hydrogen-bond acceptors (Lipinski definition) is 6. The van der Waals surface area contributed by atoms with E-state index < -0.39 is 0 Å². The first-order valence-electron chi connectivity index (χ1n) is 5.08. The van der Waals surface area contributed by atoms with E-state index in [0.717, 1.165) is 9.35 Å². The minimum atomic E-state index is -0.213. The maximum absolute atomic E-state index is 11.7. The van der Waals surface area contributed by atoms with Gasteiger partial charge in [-0.25, -0.2) is 4.98 Å². The third-order valence-corrected chi connectivity index (χ3v) is 4.37. The van der Waals surface area contributed by atoms with Crippen molar-refractivity contribution >= 4 is 58.0 Å². The molecule has 0 fully saturated rings. The molecule has 0 unspecified atom stereocenters. The smallest absolute Gasteiger partial charge is 0.236 e. The quantitative estimate of drug-likeness (QED) is 0.869. The zero-order valence-electron chi connectivity index (χ0n) is 9.68. The number of hydrogen-bond donors (Lipinski definition) is 1. The fourth-order valence-electron chi connectivity index (χ4n) is 1.14. The van der Waals surface area contributed by atoms with Gasteiger partial charge in [0.1, 0.15) is 5.01 Å². The van der Waals surface area contributed by atoms with Crippen LogP contribution in [0, 0.1) is 6.92 Å². The molecular formula is C10H8Cl2N4OS2. The summed E-state index contributed by atoms with van der Waals surface area (Å²) in [5.74, 6) is 0.301. The summed E-state index contributed by atoms with van der Waals surface area (Å²) < 4.78 is 0.753. The largest absolute Gasteiger partial charge is 0.309 e. The molecule has 0 aliphatic carbocycles. The predicted molar refractivity (Wildman–Crippen MR) is 78.3 cm³/mol. The lowest BCUT2D eigenvalue weighted by molar-refractivity contribution is -0.113. The highest BCUT2D eigenvalue weighted by Crippen LogP contribution is 2.24. The van der Waals surface area contributed by atoms with E-state index >= 15 is 0 Å². The second-order valence-electron chi connectivity index (χ2n) is 3.41. The molecule has 0 saturated carbocycles. The SMILES string of the molecule is Cc1nnc(SCC(=O)Nc2ncc(Cl)cc2Cl)s1. The van der Waals surface area contributed by atoms with Crippen molar-refractivity contribution in [3.8, 4) is 0 Å². The van der Waals surface area contributed by atoms with Gasteiger partial charge in [-0.15, -0.1) is 10.2 Å². The average Bonchev–Trinajstić information content (AvgIpc) is 2.76. The van der Waals surface area contributed by atoms with Crippen LogP contribution in [-0.4, -0.2) is 26.8 Å². The van der Waals surface area contributed by atoms with Gasteiger partial charge in [-0.1, -0.05) is 46.3 Å². The lowest BCUT2D eigenvalue weighted by atomic mass is 10.4. The van der Waals surface area contributed by atoms with Crippen molar-refractivity contribution in [2.24, 2.45) is 0 Å². The Morgan fingerprint density at radius 1 is 1.47 bits per heavy atom. The molecule has 1 N–H and O–H groups in total. The third-order valence-electron chi connectivity index (χ3n) is 1.90. The lowest BCUT2D eigenvalue weighted by Crippen LogP contribution is -2.15. The van der Waals surface area contributed by atoms with Gasteiger partial charge in [-0.05, 0) is 13.0 Å². The number of aromatic nitrogens is 3. The molecule has 0 radical (unpaired) electrons. The number of carbonyl (C=O) groups excluding carboxylic acids is 1. The molecule has 0 bridgehead atoms. The van der Waals surface area contributed by atoms with Crippen molar-refractivity contribution in [1.29, 1.82) is 0 Å². The molecule has 2 aromatic heterocycles. The molecule has 0 spiro atoms. The molecule has 1 amide bonds. The third kappa shape index (κ3) is 4.31. The van der Waals surface area contributed by atoms with Crippen LogP contribution >= 0.6 is 46.3 Å². The Kier molecular flexibility index (Phi) is 4.98. The van der Waals surface area contributed by atoms with Crippen LogP contribution < -0.4 is 5.32 Å². The average molecular weight is 335 g/mol. The van der Waals surface area contributed by atoms with Gasteiger partial charge in [0.2, 0.25) is 5.91 Å². The van der Waals surface area contributed by atoms with Gasteiger partial charge in [0.05, 0.1) is 15.8 Å². The van der Waals surface area contributed by atoms with E-state index in [1.807, 2.05) is 6.92 Å². The number of amides is 1. The molecule has 100 valence electrons. The Bertz CT molecular complexity index is 605. The standard InChI is InChI=1S/C10H8Cl2N4OS2/c1-5-15-16-10(19-5)18-4-8(17)14-9-7(12)2-6(11)3-13-9/h2-3H,4H2,1H3,(H,13,14,17). The molecule has 2 rings (SSSR count). The van der Waals surface area contributed by atoms with Gasteiger partial charge in [-0.3, -0.25) is 4.79 Å². The summed E-state index contributed by atoms with van der Waals surface area (Å²) in [7, 11) is 0. The predicted octanol–water partition coefficient (Wildman–Crippen LogP) is 3.28. The number of rotatable bonds is 4. The number of thioether (sulfide) groups is 1. The summed E-state index contributed by atoms with van der Waals surface area (Å²) in [5.41, 5.74) is 0. The first-order valence-corrected chi connectivity index (χ1v) is 7.64. The molecule has 0 atom stereocenters. The number of nitrogens with one attached hydrogen (secondary N) is 1. The van der Waals surface area contributed by atoms with E-state index in [2.05, 4.69) is 20.5 Å². The first-order chi connectivity index (χ1) is 9.04. The van der Waals surface area contributed by atoms with E-state index in [-0.39, 0.29) is 11.7 Å². The van der Waals surface area contributed by atoms with E-state index in [1.165, 1.54) is 35.4 Å². The summed E-state index contributed by atoms with van der Waals surface area (Å²) in [5, 5.41) is 12.0. The second-order valence-corrected chi connectivity index (χ2v) is 6.66. The fraction of sp³-hybridized carbons (Fsp3) is 0.200. The summed E-state index contributed by atoms with van der Waals surface area (Å²) in [4.78, 5) is 15.7. The van der Waals surface area contributed by atoms with Gasteiger partial charge < -0.3 is 5.32 Å². The van der Waals surface area contributed by atoms with E-state index in [1.54, 1.807) is 0 Å². The maximum atomic E-state index is 11.7. The molecule has 0 aliphatic rings. The topological polar surface area (TPSA) is 67.8 Å². The van der Waals surface area contributed by atoms with E-state index in [0.29, 0.717) is 15.9 Å². The van der Waals surface area contributed by atoms with Crippen molar-refractivity contribution < 1.29 is 4.79 Å². The van der Waals surface area contributed by atoms with Crippen LogP contribution in [-0.2, 0) is 4.79 Å². The zero-order chi connectivity index (χ0) is 13.8. The monoisotopic (exact) mass is 334 g/mol. The van der Waals surface area contributed by atoms with Crippen LogP contribution in [0.4, 0.5) is 5.82 Å². The van der Waals surface area contributed by atoms with Crippen molar-refractivity contribution in [2.75, 3.05) is 11.1 Å². The van der Waals surface area contributed by atoms with Gasteiger partial charge in [0.15, 0.2) is 10.2 Å². The minimum Gasteiger partial charge on any atom is -0.309 e. The molecule has 2 heterocycles. The van der Waals surface area contributed by atoms with Crippen molar-refractivity contribution in [2.45, 2.75) is 11.3 Å². The number of carbonyl (C=O) groups is 1. The highest BCUT2D eigenvalue weighted by atomic mass is 35.5. The number of aryl methyl sites for hydroxylation is 1. The highest BCUT2D eigenvalue weighted by molar-refractivity contribution is 8.01. The van der Waals surface area contributed by atoms with Crippen molar-refractivity contribution in [3.63, 3.8) is 0 Å². The van der Waals surface area contributed by atoms with Crippen molar-refractivity contribution in [3.05, 3.63) is 27.3 Å². The van der Waals surface area contributed by atoms with Gasteiger partial charge >= 0.3 is 0 Å². The summed E-state index contributed by atoms with van der Waals surface area (Å²) >= 11 is 14.4. The fourth-order valence-corrected chi connectivity index (χ4v) is 3.18. The molecule has 0 saturated heterocycles. The van der Waals surface area contributed by atoms with Crippen molar-refractivity contribution in [1.82, 2.24) is 15.2 Å². The Hall–Kier alpha value is -0.890. The summed E-state index contributed by atoms with van der Waals surface area (Å²) in [6, 6.07) is 1.52. The molecular weight excluding hydrogens is 327 g/mol. The second kappa shape index (κ2) is 6.51. The van der Waals surface area contributed by atoms with Gasteiger partial charge in [0.25, 0.3) is 0 Å². The molecule has 0 aliphatic heterocycles. The van der Waals surface area contributed by atoms with Gasteiger partial charge in [0, 0.05) is 6.20 Å². The number of anilines is 1. The van der Waals surface area contributed by atoms with E-state index in [9.17, 15) is 4.79 Å². The summed E-state index contributed by atoms with van der Waals surface area (Å²) in [6.45, 7) is 1.86. The van der Waals surface area contributed by atoms with Crippen LogP contribution in [0.5, 0.6) is 0 Å². The number of pyridine rings is 1. The normalized spacial score (nSPS) is 10.5.